The number of fused-ring (bicyclic) bond motifs is 1. The number of hydrogen-bond acceptors (Lipinski definition) is 2. The summed E-state index contributed by atoms with van der Waals surface area (Å²) in [5.74, 6) is 1.56. The average molecular weight is 384 g/mol. The Bertz CT molecular complexity index is 809. The van der Waals surface area contributed by atoms with Crippen LogP contribution in [0.3, 0.4) is 0 Å². The molecule has 1 fully saturated rings. The van der Waals surface area contributed by atoms with Crippen molar-refractivity contribution in [3.63, 3.8) is 0 Å². The molecule has 0 radical (unpaired) electrons. The summed E-state index contributed by atoms with van der Waals surface area (Å²) in [6.07, 6.45) is 2.84. The molecule has 0 spiro atoms. The summed E-state index contributed by atoms with van der Waals surface area (Å²) < 4.78 is 43.2. The number of alkyl halides is 3. The van der Waals surface area contributed by atoms with E-state index in [1.54, 1.807) is 6.07 Å². The molecular formula is C19H21ClF3N3. The molecule has 1 saturated carbocycles. The fourth-order valence-electron chi connectivity index (χ4n) is 4.38. The van der Waals surface area contributed by atoms with Crippen molar-refractivity contribution < 1.29 is 13.2 Å². The Hall–Kier alpha value is -1.56. The maximum atomic E-state index is 13.7. The van der Waals surface area contributed by atoms with E-state index >= 15 is 0 Å². The van der Waals surface area contributed by atoms with E-state index in [1.807, 2.05) is 0 Å². The lowest BCUT2D eigenvalue weighted by Crippen LogP contribution is -2.40. The van der Waals surface area contributed by atoms with E-state index in [-0.39, 0.29) is 10.6 Å². The van der Waals surface area contributed by atoms with Gasteiger partial charge in [0.05, 0.1) is 11.0 Å². The summed E-state index contributed by atoms with van der Waals surface area (Å²) in [6, 6.07) is 4.05. The smallest absolute Gasteiger partial charge is 0.314 e. The van der Waals surface area contributed by atoms with E-state index in [9.17, 15) is 13.2 Å². The highest BCUT2D eigenvalue weighted by atomic mass is 35.5. The highest BCUT2D eigenvalue weighted by molar-refractivity contribution is 6.31. The molecular weight excluding hydrogens is 363 g/mol. The van der Waals surface area contributed by atoms with E-state index in [4.69, 9.17) is 11.6 Å². The number of aryl methyl sites for hydroxylation is 1. The monoisotopic (exact) mass is 383 g/mol. The molecule has 2 heterocycles. The van der Waals surface area contributed by atoms with Gasteiger partial charge in [-0.05, 0) is 43.4 Å². The van der Waals surface area contributed by atoms with E-state index in [2.05, 4.69) is 14.8 Å². The lowest BCUT2D eigenvalue weighted by atomic mass is 9.62. The van der Waals surface area contributed by atoms with Gasteiger partial charge < -0.3 is 4.57 Å². The number of halogens is 4. The third kappa shape index (κ3) is 2.82. The van der Waals surface area contributed by atoms with E-state index < -0.39 is 17.2 Å². The van der Waals surface area contributed by atoms with Crippen LogP contribution in [0.5, 0.6) is 0 Å². The minimum atomic E-state index is -4.44. The van der Waals surface area contributed by atoms with E-state index in [0.717, 1.165) is 57.0 Å². The van der Waals surface area contributed by atoms with Crippen molar-refractivity contribution in [3.8, 4) is 0 Å². The number of hydrogen-bond donors (Lipinski definition) is 0. The normalized spacial score (nSPS) is 20.0. The zero-order valence-corrected chi connectivity index (χ0v) is 15.2. The first-order valence-corrected chi connectivity index (χ1v) is 9.60. The van der Waals surface area contributed by atoms with Crippen molar-refractivity contribution in [1.82, 2.24) is 14.8 Å². The first kappa shape index (κ1) is 17.8. The van der Waals surface area contributed by atoms with Gasteiger partial charge in [0.2, 0.25) is 0 Å². The predicted octanol–water partition coefficient (Wildman–Crippen LogP) is 5.54. The van der Waals surface area contributed by atoms with Crippen LogP contribution >= 0.6 is 11.6 Å². The van der Waals surface area contributed by atoms with Gasteiger partial charge in [-0.25, -0.2) is 0 Å². The number of aromatic nitrogens is 3. The van der Waals surface area contributed by atoms with Crippen LogP contribution in [0.15, 0.2) is 18.2 Å². The summed E-state index contributed by atoms with van der Waals surface area (Å²) in [7, 11) is 0. The van der Waals surface area contributed by atoms with Gasteiger partial charge in [-0.1, -0.05) is 36.9 Å². The van der Waals surface area contributed by atoms with Gasteiger partial charge in [0, 0.05) is 18.0 Å². The van der Waals surface area contributed by atoms with Crippen LogP contribution in [0.4, 0.5) is 13.2 Å². The molecule has 140 valence electrons. The maximum absolute atomic E-state index is 13.7. The van der Waals surface area contributed by atoms with Crippen molar-refractivity contribution in [3.05, 3.63) is 46.0 Å². The van der Waals surface area contributed by atoms with Crippen LogP contribution in [0, 0.1) is 0 Å². The molecule has 0 atom stereocenters. The Morgan fingerprint density at radius 1 is 1.00 bits per heavy atom. The average Bonchev–Trinajstić information content (AvgIpc) is 2.89. The molecule has 1 aliphatic heterocycles. The fourth-order valence-corrected chi connectivity index (χ4v) is 4.73. The molecule has 0 saturated heterocycles. The Labute approximate surface area is 155 Å². The van der Waals surface area contributed by atoms with Crippen molar-refractivity contribution >= 4 is 11.6 Å². The maximum Gasteiger partial charge on any atom is 0.416 e. The lowest BCUT2D eigenvalue weighted by molar-refractivity contribution is -0.139. The van der Waals surface area contributed by atoms with Gasteiger partial charge in [-0.2, -0.15) is 13.2 Å². The molecule has 2 aromatic rings. The van der Waals surface area contributed by atoms with Crippen molar-refractivity contribution in [2.75, 3.05) is 0 Å². The van der Waals surface area contributed by atoms with Gasteiger partial charge in [0.15, 0.2) is 0 Å². The molecule has 0 N–H and O–H groups in total. The molecule has 1 aliphatic carbocycles. The molecule has 0 bridgehead atoms. The third-order valence-corrected chi connectivity index (χ3v) is 6.11. The van der Waals surface area contributed by atoms with Crippen molar-refractivity contribution in [1.29, 1.82) is 0 Å². The zero-order valence-electron chi connectivity index (χ0n) is 14.4. The Kier molecular flexibility index (Phi) is 4.49. The molecule has 4 rings (SSSR count). The van der Waals surface area contributed by atoms with Crippen molar-refractivity contribution in [2.45, 2.75) is 69.5 Å². The number of nitrogens with zero attached hydrogens (tertiary/aromatic N) is 3. The fraction of sp³-hybridized carbons (Fsp3) is 0.579. The Morgan fingerprint density at radius 2 is 1.77 bits per heavy atom. The summed E-state index contributed by atoms with van der Waals surface area (Å²) in [5.41, 5.74) is -1.25. The molecule has 1 aromatic carbocycles. The SMILES string of the molecule is FC(F)(F)c1cccc(Cl)c1C1(c2nnc3n2CCCCCC3)CCC1. The van der Waals surface area contributed by atoms with E-state index in [0.29, 0.717) is 18.7 Å². The van der Waals surface area contributed by atoms with Crippen LogP contribution < -0.4 is 0 Å². The van der Waals surface area contributed by atoms with Crippen LogP contribution in [-0.4, -0.2) is 14.8 Å². The first-order chi connectivity index (χ1) is 12.4. The van der Waals surface area contributed by atoms with Gasteiger partial charge >= 0.3 is 6.18 Å². The summed E-state index contributed by atoms with van der Waals surface area (Å²) in [4.78, 5) is 0. The molecule has 0 amide bonds. The zero-order chi connectivity index (χ0) is 18.4. The summed E-state index contributed by atoms with van der Waals surface area (Å²) in [5, 5.41) is 8.91. The molecule has 1 aromatic heterocycles. The van der Waals surface area contributed by atoms with Gasteiger partial charge in [-0.3, -0.25) is 0 Å². The second-order valence-corrected chi connectivity index (χ2v) is 7.76. The number of benzene rings is 1. The quantitative estimate of drug-likeness (QED) is 0.682. The third-order valence-electron chi connectivity index (χ3n) is 5.79. The molecule has 0 unspecified atom stereocenters. The minimum Gasteiger partial charge on any atom is -0.314 e. The van der Waals surface area contributed by atoms with Gasteiger partial charge in [0.25, 0.3) is 0 Å². The molecule has 2 aliphatic rings. The van der Waals surface area contributed by atoms with Gasteiger partial charge in [0.1, 0.15) is 11.6 Å². The van der Waals surface area contributed by atoms with Gasteiger partial charge in [-0.15, -0.1) is 10.2 Å². The number of rotatable bonds is 2. The highest BCUT2D eigenvalue weighted by Crippen LogP contribution is 2.54. The van der Waals surface area contributed by atoms with Crippen LogP contribution in [0.25, 0.3) is 0 Å². The first-order valence-electron chi connectivity index (χ1n) is 9.22. The minimum absolute atomic E-state index is 0.169. The van der Waals surface area contributed by atoms with Crippen molar-refractivity contribution in [2.24, 2.45) is 0 Å². The van der Waals surface area contributed by atoms with Crippen LogP contribution in [0.1, 0.15) is 67.7 Å². The van der Waals surface area contributed by atoms with Crippen LogP contribution in [-0.2, 0) is 24.6 Å². The topological polar surface area (TPSA) is 30.7 Å². The second-order valence-electron chi connectivity index (χ2n) is 7.35. The molecule has 7 heteroatoms. The van der Waals surface area contributed by atoms with E-state index in [1.165, 1.54) is 6.07 Å². The summed E-state index contributed by atoms with van der Waals surface area (Å²) >= 11 is 6.33. The van der Waals surface area contributed by atoms with Crippen LogP contribution in [0.2, 0.25) is 5.02 Å². The Balaban J connectivity index is 1.89. The molecule has 3 nitrogen and oxygen atoms in total. The largest absolute Gasteiger partial charge is 0.416 e. The predicted molar refractivity (Wildman–Crippen MR) is 93.3 cm³/mol. The molecule has 26 heavy (non-hydrogen) atoms. The summed E-state index contributed by atoms with van der Waals surface area (Å²) in [6.45, 7) is 0.769. The standard InChI is InChI=1S/C19H21ClF3N3/c20-14-8-5-7-13(19(21,22)23)16(14)18(10-6-11-18)17-25-24-15-9-3-1-2-4-12-26(15)17/h5,7-8H,1-4,6,9-12H2. The Morgan fingerprint density at radius 3 is 2.46 bits per heavy atom. The second kappa shape index (κ2) is 6.55. The highest BCUT2D eigenvalue weighted by Gasteiger charge is 2.50. The lowest BCUT2D eigenvalue weighted by Gasteiger charge is -2.43.